The number of amides is 1. The predicted octanol–water partition coefficient (Wildman–Crippen LogP) is 2.72. The maximum absolute atomic E-state index is 11.6. The standard InChI is InChI=1S/C7H7BrCl2N2O2/c1-12(14-2)7(13)5-3(8)4(9)6(10)11-5/h11H,1-2H3. The van der Waals surface area contributed by atoms with Crippen molar-refractivity contribution >= 4 is 45.0 Å². The van der Waals surface area contributed by atoms with Crippen LogP contribution < -0.4 is 0 Å². The summed E-state index contributed by atoms with van der Waals surface area (Å²) in [7, 11) is 2.87. The van der Waals surface area contributed by atoms with Crippen LogP contribution in [0, 0.1) is 0 Å². The fraction of sp³-hybridized carbons (Fsp3) is 0.286. The molecular weight excluding hydrogens is 295 g/mol. The molecule has 0 unspecified atom stereocenters. The Hall–Kier alpha value is -0.230. The van der Waals surface area contributed by atoms with Gasteiger partial charge in [-0.05, 0) is 15.9 Å². The van der Waals surface area contributed by atoms with E-state index in [1.807, 2.05) is 0 Å². The molecule has 0 saturated heterocycles. The van der Waals surface area contributed by atoms with E-state index in [2.05, 4.69) is 20.9 Å². The lowest BCUT2D eigenvalue weighted by Gasteiger charge is -2.12. The fourth-order valence-electron chi connectivity index (χ4n) is 0.813. The predicted molar refractivity (Wildman–Crippen MR) is 57.6 cm³/mol. The third-order valence-corrected chi connectivity index (χ3v) is 3.39. The van der Waals surface area contributed by atoms with Gasteiger partial charge in [-0.2, -0.15) is 0 Å². The molecule has 0 spiro atoms. The molecule has 0 aliphatic heterocycles. The normalized spacial score (nSPS) is 10.4. The van der Waals surface area contributed by atoms with Crippen LogP contribution in [0.25, 0.3) is 0 Å². The summed E-state index contributed by atoms with van der Waals surface area (Å²) in [6.07, 6.45) is 0. The summed E-state index contributed by atoms with van der Waals surface area (Å²) in [6.45, 7) is 0. The number of aromatic nitrogens is 1. The molecule has 1 aromatic heterocycles. The molecule has 4 nitrogen and oxygen atoms in total. The van der Waals surface area contributed by atoms with Crippen LogP contribution in [0.5, 0.6) is 0 Å². The van der Waals surface area contributed by atoms with Gasteiger partial charge >= 0.3 is 0 Å². The van der Waals surface area contributed by atoms with E-state index in [1.54, 1.807) is 0 Å². The van der Waals surface area contributed by atoms with E-state index in [9.17, 15) is 4.79 Å². The van der Waals surface area contributed by atoms with Crippen molar-refractivity contribution in [1.29, 1.82) is 0 Å². The van der Waals surface area contributed by atoms with Crippen LogP contribution in [0.15, 0.2) is 4.47 Å². The highest BCUT2D eigenvalue weighted by Crippen LogP contribution is 2.33. The van der Waals surface area contributed by atoms with Crippen LogP contribution >= 0.6 is 39.1 Å². The van der Waals surface area contributed by atoms with Gasteiger partial charge in [0.1, 0.15) is 10.8 Å². The molecule has 14 heavy (non-hydrogen) atoms. The smallest absolute Gasteiger partial charge is 0.294 e. The lowest BCUT2D eigenvalue weighted by molar-refractivity contribution is -0.0760. The van der Waals surface area contributed by atoms with E-state index >= 15 is 0 Å². The maximum Gasteiger partial charge on any atom is 0.294 e. The van der Waals surface area contributed by atoms with Gasteiger partial charge in [-0.25, -0.2) is 5.06 Å². The van der Waals surface area contributed by atoms with Crippen LogP contribution in [-0.4, -0.2) is 30.1 Å². The summed E-state index contributed by atoms with van der Waals surface area (Å²) in [5.41, 5.74) is 0.254. The van der Waals surface area contributed by atoms with E-state index in [4.69, 9.17) is 28.0 Å². The largest absolute Gasteiger partial charge is 0.339 e. The van der Waals surface area contributed by atoms with Gasteiger partial charge in [0.15, 0.2) is 0 Å². The van der Waals surface area contributed by atoms with Gasteiger partial charge in [-0.3, -0.25) is 9.63 Å². The Kier molecular flexibility index (Phi) is 3.83. The second kappa shape index (κ2) is 4.53. The lowest BCUT2D eigenvalue weighted by atomic mass is 10.4. The Morgan fingerprint density at radius 2 is 2.14 bits per heavy atom. The number of carbonyl (C=O) groups excluding carboxylic acids is 1. The van der Waals surface area contributed by atoms with Crippen molar-refractivity contribution in [3.8, 4) is 0 Å². The molecular formula is C7H7BrCl2N2O2. The molecule has 1 aromatic rings. The quantitative estimate of drug-likeness (QED) is 0.854. The molecule has 0 aliphatic rings. The Morgan fingerprint density at radius 1 is 1.57 bits per heavy atom. The third-order valence-electron chi connectivity index (χ3n) is 1.61. The zero-order valence-electron chi connectivity index (χ0n) is 7.40. The summed E-state index contributed by atoms with van der Waals surface area (Å²) < 4.78 is 0.429. The number of nitrogens with one attached hydrogen (secondary N) is 1. The first-order valence-corrected chi connectivity index (χ1v) is 5.08. The van der Waals surface area contributed by atoms with Crippen molar-refractivity contribution < 1.29 is 9.63 Å². The third kappa shape index (κ3) is 2.06. The summed E-state index contributed by atoms with van der Waals surface area (Å²) in [6, 6.07) is 0. The van der Waals surface area contributed by atoms with Crippen LogP contribution in [0.2, 0.25) is 10.2 Å². The van der Waals surface area contributed by atoms with Crippen molar-refractivity contribution in [3.05, 3.63) is 20.3 Å². The minimum Gasteiger partial charge on any atom is -0.339 e. The zero-order valence-corrected chi connectivity index (χ0v) is 10.5. The Labute approximate surface area is 99.2 Å². The number of hydrogen-bond donors (Lipinski definition) is 1. The molecule has 0 fully saturated rings. The number of H-pyrrole nitrogens is 1. The van der Waals surface area contributed by atoms with Gasteiger partial charge in [-0.1, -0.05) is 23.2 Å². The lowest BCUT2D eigenvalue weighted by Crippen LogP contribution is -2.25. The number of carbonyl (C=O) groups is 1. The van der Waals surface area contributed by atoms with E-state index in [0.29, 0.717) is 4.47 Å². The average molecular weight is 302 g/mol. The minimum atomic E-state index is -0.367. The molecule has 1 N–H and O–H groups in total. The zero-order chi connectivity index (χ0) is 10.9. The second-order valence-electron chi connectivity index (χ2n) is 2.43. The van der Waals surface area contributed by atoms with Crippen LogP contribution in [0.3, 0.4) is 0 Å². The first kappa shape index (κ1) is 11.8. The van der Waals surface area contributed by atoms with Crippen molar-refractivity contribution in [2.75, 3.05) is 14.2 Å². The number of hydrogen-bond acceptors (Lipinski definition) is 2. The van der Waals surface area contributed by atoms with Crippen LogP contribution in [0.4, 0.5) is 0 Å². The van der Waals surface area contributed by atoms with E-state index in [-0.39, 0.29) is 21.8 Å². The molecule has 0 atom stereocenters. The fourth-order valence-corrected chi connectivity index (χ4v) is 1.73. The van der Waals surface area contributed by atoms with Gasteiger partial charge in [-0.15, -0.1) is 0 Å². The van der Waals surface area contributed by atoms with Crippen molar-refractivity contribution in [3.63, 3.8) is 0 Å². The van der Waals surface area contributed by atoms with Crippen molar-refractivity contribution in [2.24, 2.45) is 0 Å². The highest BCUT2D eigenvalue weighted by atomic mass is 79.9. The van der Waals surface area contributed by atoms with Gasteiger partial charge < -0.3 is 4.98 Å². The topological polar surface area (TPSA) is 45.3 Å². The highest BCUT2D eigenvalue weighted by molar-refractivity contribution is 9.10. The first-order valence-electron chi connectivity index (χ1n) is 3.53. The van der Waals surface area contributed by atoms with Gasteiger partial charge in [0.2, 0.25) is 0 Å². The van der Waals surface area contributed by atoms with Crippen LogP contribution in [-0.2, 0) is 4.84 Å². The van der Waals surface area contributed by atoms with Crippen LogP contribution in [0.1, 0.15) is 10.5 Å². The Morgan fingerprint density at radius 3 is 2.50 bits per heavy atom. The van der Waals surface area contributed by atoms with E-state index in [0.717, 1.165) is 5.06 Å². The molecule has 0 saturated carbocycles. The first-order chi connectivity index (χ1) is 6.49. The summed E-state index contributed by atoms with van der Waals surface area (Å²) in [5.74, 6) is -0.367. The van der Waals surface area contributed by atoms with Crippen molar-refractivity contribution in [1.82, 2.24) is 10.0 Å². The molecule has 1 rings (SSSR count). The van der Waals surface area contributed by atoms with E-state index in [1.165, 1.54) is 14.2 Å². The molecule has 1 heterocycles. The van der Waals surface area contributed by atoms with Gasteiger partial charge in [0.25, 0.3) is 5.91 Å². The number of nitrogens with zero attached hydrogens (tertiary/aromatic N) is 1. The number of halogens is 3. The Balaban J connectivity index is 3.08. The van der Waals surface area contributed by atoms with E-state index < -0.39 is 0 Å². The molecule has 0 bridgehead atoms. The maximum atomic E-state index is 11.6. The Bertz CT molecular complexity index is 367. The number of aromatic amines is 1. The summed E-state index contributed by atoms with van der Waals surface area (Å²) in [4.78, 5) is 19.0. The van der Waals surface area contributed by atoms with Gasteiger partial charge in [0.05, 0.1) is 16.6 Å². The summed E-state index contributed by atoms with van der Waals surface area (Å²) in [5, 5.41) is 1.55. The minimum absolute atomic E-state index is 0.214. The summed E-state index contributed by atoms with van der Waals surface area (Å²) >= 11 is 14.6. The highest BCUT2D eigenvalue weighted by Gasteiger charge is 2.21. The molecule has 7 heteroatoms. The SMILES string of the molecule is CON(C)C(=O)c1[nH]c(Cl)c(Cl)c1Br. The molecule has 0 aromatic carbocycles. The second-order valence-corrected chi connectivity index (χ2v) is 3.98. The molecule has 0 radical (unpaired) electrons. The average Bonchev–Trinajstić information content (AvgIpc) is 2.43. The molecule has 78 valence electrons. The number of hydroxylamine groups is 2. The van der Waals surface area contributed by atoms with Crippen molar-refractivity contribution in [2.45, 2.75) is 0 Å². The van der Waals surface area contributed by atoms with Gasteiger partial charge in [0, 0.05) is 7.05 Å². The number of rotatable bonds is 2. The molecule has 1 amide bonds. The monoisotopic (exact) mass is 300 g/mol. The molecule has 0 aliphatic carbocycles.